The highest BCUT2D eigenvalue weighted by molar-refractivity contribution is 9.10. The number of halogens is 2. The molecule has 136 valence electrons. The average molecular weight is 454 g/mol. The molecule has 0 spiro atoms. The van der Waals surface area contributed by atoms with Gasteiger partial charge in [0.15, 0.2) is 10.9 Å². The van der Waals surface area contributed by atoms with Crippen molar-refractivity contribution >= 4 is 56.4 Å². The minimum atomic E-state index is 0.451. The van der Waals surface area contributed by atoms with Gasteiger partial charge < -0.3 is 10.6 Å². The lowest BCUT2D eigenvalue weighted by Crippen LogP contribution is -2.20. The first-order valence-electron chi connectivity index (χ1n) is 8.04. The first kappa shape index (κ1) is 18.9. The molecule has 2 aromatic heterocycles. The average Bonchev–Trinajstić information content (AvgIpc) is 3.12. The number of benzene rings is 1. The molecule has 0 atom stereocenters. The number of hydrogen-bond acceptors (Lipinski definition) is 3. The van der Waals surface area contributed by atoms with Gasteiger partial charge in [-0.05, 0) is 53.6 Å². The van der Waals surface area contributed by atoms with E-state index >= 15 is 0 Å². The Balaban J connectivity index is 1.68. The van der Waals surface area contributed by atoms with Crippen molar-refractivity contribution in [3.05, 3.63) is 57.4 Å². The predicted molar refractivity (Wildman–Crippen MR) is 113 cm³/mol. The van der Waals surface area contributed by atoms with E-state index in [1.807, 2.05) is 49.0 Å². The Morgan fingerprint density at radius 2 is 2.08 bits per heavy atom. The topological polar surface area (TPSA) is 59.7 Å². The van der Waals surface area contributed by atoms with Crippen LogP contribution in [0.3, 0.4) is 0 Å². The van der Waals surface area contributed by atoms with E-state index in [4.69, 9.17) is 23.8 Å². The highest BCUT2D eigenvalue weighted by Gasteiger charge is 2.11. The van der Waals surface area contributed by atoms with Crippen LogP contribution in [-0.4, -0.2) is 24.7 Å². The van der Waals surface area contributed by atoms with Gasteiger partial charge in [0.2, 0.25) is 0 Å². The van der Waals surface area contributed by atoms with Crippen molar-refractivity contribution in [3.63, 3.8) is 0 Å². The molecular weight excluding hydrogens is 436 g/mol. The summed E-state index contributed by atoms with van der Waals surface area (Å²) >= 11 is 15.1. The molecule has 0 unspecified atom stereocenters. The minimum Gasteiger partial charge on any atom is -0.330 e. The molecule has 2 heterocycles. The highest BCUT2D eigenvalue weighted by Crippen LogP contribution is 2.23. The van der Waals surface area contributed by atoms with Crippen LogP contribution < -0.4 is 10.6 Å². The van der Waals surface area contributed by atoms with Crippen molar-refractivity contribution in [1.82, 2.24) is 19.6 Å². The molecule has 2 N–H and O–H groups in total. The lowest BCUT2D eigenvalue weighted by molar-refractivity contribution is 0.640. The van der Waals surface area contributed by atoms with Crippen LogP contribution in [0.25, 0.3) is 0 Å². The minimum absolute atomic E-state index is 0.451. The molecule has 3 rings (SSSR count). The summed E-state index contributed by atoms with van der Waals surface area (Å²) in [5.41, 5.74) is 2.90. The normalized spacial score (nSPS) is 10.8. The predicted octanol–water partition coefficient (Wildman–Crippen LogP) is 4.68. The molecule has 0 fully saturated rings. The van der Waals surface area contributed by atoms with Crippen molar-refractivity contribution in [2.75, 3.05) is 10.6 Å². The quantitative estimate of drug-likeness (QED) is 0.549. The van der Waals surface area contributed by atoms with E-state index in [0.29, 0.717) is 22.5 Å². The summed E-state index contributed by atoms with van der Waals surface area (Å²) in [4.78, 5) is 0. The van der Waals surface area contributed by atoms with Gasteiger partial charge in [-0.3, -0.25) is 9.36 Å². The van der Waals surface area contributed by atoms with Crippen molar-refractivity contribution < 1.29 is 0 Å². The molecule has 0 aliphatic heterocycles. The molecule has 0 saturated heterocycles. The van der Waals surface area contributed by atoms with Gasteiger partial charge >= 0.3 is 0 Å². The van der Waals surface area contributed by atoms with Crippen molar-refractivity contribution in [2.45, 2.75) is 26.9 Å². The molecule has 9 heteroatoms. The number of nitrogens with zero attached hydrogens (tertiary/aromatic N) is 4. The Morgan fingerprint density at radius 3 is 2.77 bits per heavy atom. The molecule has 0 saturated carbocycles. The van der Waals surface area contributed by atoms with Gasteiger partial charge in [0.05, 0.1) is 28.6 Å². The van der Waals surface area contributed by atoms with Gasteiger partial charge in [0, 0.05) is 17.8 Å². The maximum Gasteiger partial charge on any atom is 0.176 e. The van der Waals surface area contributed by atoms with Crippen molar-refractivity contribution in [2.24, 2.45) is 0 Å². The fourth-order valence-electron chi connectivity index (χ4n) is 2.51. The van der Waals surface area contributed by atoms with Crippen LogP contribution in [0.4, 0.5) is 11.5 Å². The zero-order chi connectivity index (χ0) is 18.7. The molecule has 6 nitrogen and oxygen atoms in total. The largest absolute Gasteiger partial charge is 0.330 e. The lowest BCUT2D eigenvalue weighted by Gasteiger charge is -2.09. The van der Waals surface area contributed by atoms with Crippen LogP contribution in [0.15, 0.2) is 41.1 Å². The molecule has 26 heavy (non-hydrogen) atoms. The monoisotopic (exact) mass is 452 g/mol. The number of hydrogen-bond donors (Lipinski definition) is 2. The van der Waals surface area contributed by atoms with E-state index in [9.17, 15) is 0 Å². The molecule has 3 aromatic rings. The summed E-state index contributed by atoms with van der Waals surface area (Å²) in [6, 6.07) is 7.71. The number of aromatic nitrogens is 4. The smallest absolute Gasteiger partial charge is 0.176 e. The standard InChI is InChI=1S/C17H18BrClN6S/c1-3-25-11(2)15(8-20-25)21-17(26)22-16-13(18)10-24(23-16)9-12-6-4-5-7-14(12)19/h4-8,10H,3,9H2,1-2H3,(H2,21,22,23,26). The third-order valence-corrected chi connectivity index (χ3v) is 5.04. The fraction of sp³-hybridized carbons (Fsp3) is 0.235. The summed E-state index contributed by atoms with van der Waals surface area (Å²) < 4.78 is 4.52. The summed E-state index contributed by atoms with van der Waals surface area (Å²) in [7, 11) is 0. The number of aryl methyl sites for hydroxylation is 1. The Labute approximate surface area is 170 Å². The summed E-state index contributed by atoms with van der Waals surface area (Å²) in [6.45, 7) is 5.42. The van der Waals surface area contributed by atoms with Crippen LogP contribution in [0.2, 0.25) is 5.02 Å². The zero-order valence-corrected chi connectivity index (χ0v) is 17.5. The Kier molecular flexibility index (Phi) is 5.95. The van der Waals surface area contributed by atoms with Crippen molar-refractivity contribution in [3.8, 4) is 0 Å². The van der Waals surface area contributed by atoms with Crippen LogP contribution in [0.5, 0.6) is 0 Å². The van der Waals surface area contributed by atoms with E-state index in [1.165, 1.54) is 0 Å². The van der Waals surface area contributed by atoms with Gasteiger partial charge in [-0.1, -0.05) is 29.8 Å². The zero-order valence-electron chi connectivity index (χ0n) is 14.3. The lowest BCUT2D eigenvalue weighted by atomic mass is 10.2. The van der Waals surface area contributed by atoms with Gasteiger partial charge in [0.25, 0.3) is 0 Å². The second kappa shape index (κ2) is 8.20. The van der Waals surface area contributed by atoms with Crippen LogP contribution >= 0.6 is 39.7 Å². The fourth-order valence-corrected chi connectivity index (χ4v) is 3.33. The number of rotatable bonds is 5. The number of thiocarbonyl (C=S) groups is 1. The molecule has 0 radical (unpaired) electrons. The van der Waals surface area contributed by atoms with E-state index in [1.54, 1.807) is 10.9 Å². The molecule has 0 aliphatic rings. The van der Waals surface area contributed by atoms with Crippen molar-refractivity contribution in [1.29, 1.82) is 0 Å². The first-order chi connectivity index (χ1) is 12.5. The Morgan fingerprint density at radius 1 is 1.31 bits per heavy atom. The molecule has 0 bridgehead atoms. The van der Waals surface area contributed by atoms with Crippen LogP contribution in [0.1, 0.15) is 18.2 Å². The van der Waals surface area contributed by atoms with Crippen LogP contribution in [0, 0.1) is 6.92 Å². The summed E-state index contributed by atoms with van der Waals surface area (Å²) in [5.74, 6) is 0.634. The Bertz CT molecular complexity index is 935. The number of anilines is 2. The van der Waals surface area contributed by atoms with E-state index in [-0.39, 0.29) is 0 Å². The summed E-state index contributed by atoms with van der Waals surface area (Å²) in [5, 5.41) is 16.2. The van der Waals surface area contributed by atoms with E-state index in [0.717, 1.165) is 28.0 Å². The number of nitrogens with one attached hydrogen (secondary N) is 2. The maximum absolute atomic E-state index is 6.22. The third kappa shape index (κ3) is 4.25. The Hall–Kier alpha value is -1.90. The summed E-state index contributed by atoms with van der Waals surface area (Å²) in [6.07, 6.45) is 3.65. The highest BCUT2D eigenvalue weighted by atomic mass is 79.9. The van der Waals surface area contributed by atoms with Gasteiger partial charge in [-0.15, -0.1) is 0 Å². The van der Waals surface area contributed by atoms with Gasteiger partial charge in [0.1, 0.15) is 0 Å². The van der Waals surface area contributed by atoms with E-state index < -0.39 is 0 Å². The van der Waals surface area contributed by atoms with Gasteiger partial charge in [-0.2, -0.15) is 10.2 Å². The second-order valence-electron chi connectivity index (χ2n) is 5.65. The van der Waals surface area contributed by atoms with E-state index in [2.05, 4.69) is 36.8 Å². The van der Waals surface area contributed by atoms with Gasteiger partial charge in [-0.25, -0.2) is 0 Å². The maximum atomic E-state index is 6.22. The first-order valence-corrected chi connectivity index (χ1v) is 9.62. The molecular formula is C17H18BrClN6S. The van der Waals surface area contributed by atoms with Crippen LogP contribution in [-0.2, 0) is 13.1 Å². The SMILES string of the molecule is CCn1ncc(NC(=S)Nc2nn(Cc3ccccc3Cl)cc2Br)c1C. The second-order valence-corrected chi connectivity index (χ2v) is 7.32. The molecule has 0 aliphatic carbocycles. The molecule has 0 amide bonds. The third-order valence-electron chi connectivity index (χ3n) is 3.89. The molecule has 1 aromatic carbocycles.